The van der Waals surface area contributed by atoms with Gasteiger partial charge in [0.2, 0.25) is 5.91 Å². The Bertz CT molecular complexity index is 893. The Kier molecular flexibility index (Phi) is 6.03. The number of carbonyl (C=O) groups excluding carboxylic acids is 1. The van der Waals surface area contributed by atoms with E-state index in [1.54, 1.807) is 11.3 Å². The van der Waals surface area contributed by atoms with Crippen molar-refractivity contribution in [2.45, 2.75) is 32.7 Å². The van der Waals surface area contributed by atoms with E-state index < -0.39 is 0 Å². The van der Waals surface area contributed by atoms with Crippen molar-refractivity contribution in [2.75, 3.05) is 26.2 Å². The molecule has 0 bridgehead atoms. The van der Waals surface area contributed by atoms with Crippen LogP contribution in [0.15, 0.2) is 48.5 Å². The van der Waals surface area contributed by atoms with Gasteiger partial charge >= 0.3 is 0 Å². The minimum absolute atomic E-state index is 0.277. The van der Waals surface area contributed by atoms with Crippen LogP contribution in [-0.4, -0.2) is 46.9 Å². The first-order chi connectivity index (χ1) is 13.7. The lowest BCUT2D eigenvalue weighted by Crippen LogP contribution is -2.48. The van der Waals surface area contributed by atoms with E-state index in [2.05, 4.69) is 54.3 Å². The average molecular weight is 394 g/mol. The van der Waals surface area contributed by atoms with Crippen molar-refractivity contribution >= 4 is 27.5 Å². The second-order valence-electron chi connectivity index (χ2n) is 7.40. The van der Waals surface area contributed by atoms with E-state index in [0.717, 1.165) is 56.1 Å². The van der Waals surface area contributed by atoms with Crippen LogP contribution in [0.3, 0.4) is 0 Å². The van der Waals surface area contributed by atoms with Gasteiger partial charge in [0.05, 0.1) is 16.8 Å². The summed E-state index contributed by atoms with van der Waals surface area (Å²) in [5.74, 6) is 0.277. The number of benzene rings is 2. The molecule has 3 aromatic rings. The minimum Gasteiger partial charge on any atom is -0.340 e. The van der Waals surface area contributed by atoms with E-state index in [1.165, 1.54) is 15.8 Å². The Labute approximate surface area is 170 Å². The van der Waals surface area contributed by atoms with Crippen LogP contribution in [-0.2, 0) is 24.2 Å². The molecule has 2 heterocycles. The fraction of sp³-hybridized carbons (Fsp3) is 0.391. The zero-order valence-electron chi connectivity index (χ0n) is 16.4. The molecule has 0 atom stereocenters. The van der Waals surface area contributed by atoms with Crippen LogP contribution < -0.4 is 0 Å². The molecule has 28 heavy (non-hydrogen) atoms. The van der Waals surface area contributed by atoms with Gasteiger partial charge in [0.25, 0.3) is 0 Å². The summed E-state index contributed by atoms with van der Waals surface area (Å²) in [5, 5.41) is 1.16. The molecule has 4 rings (SSSR count). The molecule has 1 aliphatic rings. The van der Waals surface area contributed by atoms with E-state index in [1.807, 2.05) is 11.0 Å². The first kappa shape index (κ1) is 19.1. The van der Waals surface area contributed by atoms with Crippen molar-refractivity contribution in [2.24, 2.45) is 0 Å². The van der Waals surface area contributed by atoms with Gasteiger partial charge in [-0.15, -0.1) is 11.3 Å². The van der Waals surface area contributed by atoms with E-state index in [4.69, 9.17) is 4.98 Å². The van der Waals surface area contributed by atoms with Gasteiger partial charge in [-0.25, -0.2) is 4.98 Å². The number of para-hydroxylation sites is 1. The SMILES string of the molecule is CCc1ccc(CCC(=O)N2CCN(Cc3nc4ccccc4s3)CC2)cc1. The summed E-state index contributed by atoms with van der Waals surface area (Å²) >= 11 is 1.77. The van der Waals surface area contributed by atoms with Gasteiger partial charge in [-0.1, -0.05) is 43.3 Å². The Morgan fingerprint density at radius 3 is 2.43 bits per heavy atom. The fourth-order valence-corrected chi connectivity index (χ4v) is 4.70. The number of carbonyl (C=O) groups is 1. The molecule has 2 aromatic carbocycles. The first-order valence-corrected chi connectivity index (χ1v) is 11.0. The third-order valence-electron chi connectivity index (χ3n) is 5.48. The third-order valence-corrected chi connectivity index (χ3v) is 6.50. The van der Waals surface area contributed by atoms with Gasteiger partial charge in [-0.2, -0.15) is 0 Å². The normalized spacial score (nSPS) is 15.2. The van der Waals surface area contributed by atoms with Crippen LogP contribution in [0.4, 0.5) is 0 Å². The lowest BCUT2D eigenvalue weighted by atomic mass is 10.1. The highest BCUT2D eigenvalue weighted by Gasteiger charge is 2.21. The van der Waals surface area contributed by atoms with Crippen molar-refractivity contribution in [1.29, 1.82) is 0 Å². The summed E-state index contributed by atoms with van der Waals surface area (Å²) in [6.45, 7) is 6.52. The summed E-state index contributed by atoms with van der Waals surface area (Å²) < 4.78 is 1.25. The highest BCUT2D eigenvalue weighted by atomic mass is 32.1. The lowest BCUT2D eigenvalue weighted by Gasteiger charge is -2.34. The molecule has 1 amide bonds. The molecule has 0 aliphatic carbocycles. The minimum atomic E-state index is 0.277. The van der Waals surface area contributed by atoms with Gasteiger partial charge in [0, 0.05) is 32.6 Å². The Balaban J connectivity index is 1.24. The molecule has 146 valence electrons. The first-order valence-electron chi connectivity index (χ1n) is 10.1. The summed E-state index contributed by atoms with van der Waals surface area (Å²) in [5.41, 5.74) is 3.68. The van der Waals surface area contributed by atoms with Crippen molar-refractivity contribution in [3.8, 4) is 0 Å². The van der Waals surface area contributed by atoms with Crippen LogP contribution >= 0.6 is 11.3 Å². The van der Waals surface area contributed by atoms with Crippen LogP contribution in [0, 0.1) is 0 Å². The van der Waals surface area contributed by atoms with E-state index in [-0.39, 0.29) is 5.91 Å². The second-order valence-corrected chi connectivity index (χ2v) is 8.52. The molecule has 1 saturated heterocycles. The zero-order valence-corrected chi connectivity index (χ0v) is 17.3. The quantitative estimate of drug-likeness (QED) is 0.632. The molecular weight excluding hydrogens is 366 g/mol. The van der Waals surface area contributed by atoms with Crippen LogP contribution in [0.25, 0.3) is 10.2 Å². The number of thiazole rings is 1. The summed E-state index contributed by atoms with van der Waals surface area (Å²) in [6, 6.07) is 16.9. The van der Waals surface area contributed by atoms with E-state index in [0.29, 0.717) is 6.42 Å². The molecule has 0 unspecified atom stereocenters. The molecule has 1 aliphatic heterocycles. The topological polar surface area (TPSA) is 36.4 Å². The summed E-state index contributed by atoms with van der Waals surface area (Å²) in [4.78, 5) is 21.7. The highest BCUT2D eigenvalue weighted by Crippen LogP contribution is 2.23. The smallest absolute Gasteiger partial charge is 0.222 e. The Hall–Kier alpha value is -2.24. The van der Waals surface area contributed by atoms with Crippen molar-refractivity contribution in [1.82, 2.24) is 14.8 Å². The standard InChI is InChI=1S/C23H27N3OS/c1-2-18-7-9-19(10-8-18)11-12-23(27)26-15-13-25(14-16-26)17-22-24-20-5-3-4-6-21(20)28-22/h3-10H,2,11-17H2,1H3. The zero-order chi connectivity index (χ0) is 19.3. The highest BCUT2D eigenvalue weighted by molar-refractivity contribution is 7.18. The number of fused-ring (bicyclic) bond motifs is 1. The van der Waals surface area contributed by atoms with Crippen LogP contribution in [0.2, 0.25) is 0 Å². The summed E-state index contributed by atoms with van der Waals surface area (Å²) in [6.07, 6.45) is 2.48. The van der Waals surface area contributed by atoms with E-state index in [9.17, 15) is 4.79 Å². The maximum atomic E-state index is 12.6. The van der Waals surface area contributed by atoms with Crippen molar-refractivity contribution in [3.05, 3.63) is 64.7 Å². The maximum absolute atomic E-state index is 12.6. The second kappa shape index (κ2) is 8.84. The number of hydrogen-bond acceptors (Lipinski definition) is 4. The predicted octanol–water partition coefficient (Wildman–Crippen LogP) is 4.14. The van der Waals surface area contributed by atoms with Crippen molar-refractivity contribution < 1.29 is 4.79 Å². The maximum Gasteiger partial charge on any atom is 0.222 e. The third kappa shape index (κ3) is 4.59. The molecule has 4 nitrogen and oxygen atoms in total. The van der Waals surface area contributed by atoms with Gasteiger partial charge in [0.1, 0.15) is 5.01 Å². The van der Waals surface area contributed by atoms with Gasteiger partial charge < -0.3 is 4.90 Å². The van der Waals surface area contributed by atoms with Crippen LogP contribution in [0.1, 0.15) is 29.5 Å². The molecule has 0 spiro atoms. The molecule has 1 fully saturated rings. The number of rotatable bonds is 6. The molecule has 0 saturated carbocycles. The monoisotopic (exact) mass is 393 g/mol. The number of aromatic nitrogens is 1. The molecule has 0 N–H and O–H groups in total. The number of amides is 1. The molecule has 1 aromatic heterocycles. The number of hydrogen-bond donors (Lipinski definition) is 0. The Morgan fingerprint density at radius 1 is 1.00 bits per heavy atom. The number of aryl methyl sites for hydroxylation is 2. The predicted molar refractivity (Wildman–Crippen MR) is 116 cm³/mol. The summed E-state index contributed by atoms with van der Waals surface area (Å²) in [7, 11) is 0. The van der Waals surface area contributed by atoms with Gasteiger partial charge in [-0.05, 0) is 36.1 Å². The number of piperazine rings is 1. The Morgan fingerprint density at radius 2 is 1.71 bits per heavy atom. The fourth-order valence-electron chi connectivity index (χ4n) is 3.69. The van der Waals surface area contributed by atoms with Gasteiger partial charge in [-0.3, -0.25) is 9.69 Å². The molecule has 0 radical (unpaired) electrons. The number of nitrogens with zero attached hydrogens (tertiary/aromatic N) is 3. The molecular formula is C23H27N3OS. The van der Waals surface area contributed by atoms with Gasteiger partial charge in [0.15, 0.2) is 0 Å². The molecule has 5 heteroatoms. The van der Waals surface area contributed by atoms with E-state index >= 15 is 0 Å². The van der Waals surface area contributed by atoms with Crippen LogP contribution in [0.5, 0.6) is 0 Å². The van der Waals surface area contributed by atoms with Crippen molar-refractivity contribution in [3.63, 3.8) is 0 Å². The average Bonchev–Trinajstić information content (AvgIpc) is 3.15. The largest absolute Gasteiger partial charge is 0.340 e. The lowest BCUT2D eigenvalue weighted by molar-refractivity contribution is -0.133.